The zero-order valence-electron chi connectivity index (χ0n) is 14.3. The molecule has 2 aromatic rings. The number of methoxy groups -OCH3 is 1. The number of phenols is 1. The van der Waals surface area contributed by atoms with E-state index >= 15 is 0 Å². The molecule has 0 saturated heterocycles. The van der Waals surface area contributed by atoms with Crippen molar-refractivity contribution in [1.82, 2.24) is 5.43 Å². The van der Waals surface area contributed by atoms with Gasteiger partial charge in [0.1, 0.15) is 5.75 Å². The smallest absolute Gasteiger partial charge is 0.277 e. The Bertz CT molecular complexity index is 825. The lowest BCUT2D eigenvalue weighted by Gasteiger charge is -2.08. The number of halogens is 2. The van der Waals surface area contributed by atoms with Crippen LogP contribution in [0.5, 0.6) is 17.2 Å². The number of phenolic OH excluding ortho intramolecular Hbond substituents is 1. The van der Waals surface area contributed by atoms with Crippen LogP contribution < -0.4 is 14.9 Å². The number of aryl methyl sites for hydroxylation is 1. The van der Waals surface area contributed by atoms with Crippen LogP contribution in [-0.4, -0.2) is 30.9 Å². The molecule has 6 nitrogen and oxygen atoms in total. The van der Waals surface area contributed by atoms with Crippen LogP contribution in [0.2, 0.25) is 0 Å². The van der Waals surface area contributed by atoms with Gasteiger partial charge in [-0.15, -0.1) is 0 Å². The molecule has 0 bridgehead atoms. The van der Waals surface area contributed by atoms with Gasteiger partial charge in [-0.05, 0) is 73.7 Å². The number of aromatic hydroxyl groups is 1. The summed E-state index contributed by atoms with van der Waals surface area (Å²) in [4.78, 5) is 11.8. The molecule has 0 saturated carbocycles. The number of benzene rings is 2. The molecule has 0 heterocycles. The van der Waals surface area contributed by atoms with Crippen molar-refractivity contribution in [2.75, 3.05) is 13.7 Å². The monoisotopic (exact) mass is 484 g/mol. The summed E-state index contributed by atoms with van der Waals surface area (Å²) < 4.78 is 11.8. The molecule has 26 heavy (non-hydrogen) atoms. The molecule has 1 amide bonds. The Labute approximate surface area is 168 Å². The zero-order chi connectivity index (χ0) is 19.1. The van der Waals surface area contributed by atoms with E-state index in [2.05, 4.69) is 49.3 Å². The number of nitrogens with one attached hydrogen (secondary N) is 1. The lowest BCUT2D eigenvalue weighted by molar-refractivity contribution is -0.123. The fourth-order valence-corrected chi connectivity index (χ4v) is 3.06. The van der Waals surface area contributed by atoms with E-state index in [0.717, 1.165) is 10.9 Å². The Kier molecular flexibility index (Phi) is 7.47. The van der Waals surface area contributed by atoms with Crippen molar-refractivity contribution in [2.24, 2.45) is 5.10 Å². The second-order valence-electron chi connectivity index (χ2n) is 5.25. The summed E-state index contributed by atoms with van der Waals surface area (Å²) >= 11 is 6.65. The fraction of sp³-hybridized carbons (Fsp3) is 0.222. The molecule has 0 fully saturated rings. The normalized spacial score (nSPS) is 10.8. The molecule has 0 atom stereocenters. The van der Waals surface area contributed by atoms with Gasteiger partial charge in [-0.1, -0.05) is 13.0 Å². The minimum Gasteiger partial charge on any atom is -0.503 e. The first-order valence-corrected chi connectivity index (χ1v) is 9.32. The third-order valence-electron chi connectivity index (χ3n) is 3.44. The van der Waals surface area contributed by atoms with Gasteiger partial charge in [0.2, 0.25) is 0 Å². The molecule has 2 rings (SSSR count). The van der Waals surface area contributed by atoms with Crippen LogP contribution in [0.1, 0.15) is 18.1 Å². The van der Waals surface area contributed by atoms with E-state index in [9.17, 15) is 9.90 Å². The van der Waals surface area contributed by atoms with Gasteiger partial charge in [0.25, 0.3) is 5.91 Å². The molecule has 0 unspecified atom stereocenters. The van der Waals surface area contributed by atoms with Gasteiger partial charge in [-0.2, -0.15) is 5.10 Å². The number of rotatable bonds is 7. The molecule has 8 heteroatoms. The molecule has 138 valence electrons. The van der Waals surface area contributed by atoms with E-state index in [1.165, 1.54) is 18.9 Å². The van der Waals surface area contributed by atoms with Gasteiger partial charge >= 0.3 is 0 Å². The maximum absolute atomic E-state index is 11.8. The van der Waals surface area contributed by atoms with Crippen LogP contribution in [0, 0.1) is 0 Å². The molecule has 0 aromatic heterocycles. The highest BCUT2D eigenvalue weighted by Crippen LogP contribution is 2.34. The van der Waals surface area contributed by atoms with E-state index in [1.54, 1.807) is 12.1 Å². The van der Waals surface area contributed by atoms with Gasteiger partial charge < -0.3 is 14.6 Å². The van der Waals surface area contributed by atoms with Crippen LogP contribution in [0.3, 0.4) is 0 Å². The van der Waals surface area contributed by atoms with Crippen molar-refractivity contribution < 1.29 is 19.4 Å². The maximum Gasteiger partial charge on any atom is 0.277 e. The molecule has 0 radical (unpaired) electrons. The van der Waals surface area contributed by atoms with Crippen molar-refractivity contribution in [3.05, 3.63) is 50.4 Å². The van der Waals surface area contributed by atoms with Crippen molar-refractivity contribution in [1.29, 1.82) is 0 Å². The highest BCUT2D eigenvalue weighted by Gasteiger charge is 2.08. The molecule has 0 aliphatic rings. The summed E-state index contributed by atoms with van der Waals surface area (Å²) in [6, 6.07) is 8.97. The largest absolute Gasteiger partial charge is 0.503 e. The second-order valence-corrected chi connectivity index (χ2v) is 6.96. The van der Waals surface area contributed by atoms with Crippen LogP contribution in [0.4, 0.5) is 0 Å². The second kappa shape index (κ2) is 9.59. The third-order valence-corrected chi connectivity index (χ3v) is 4.66. The van der Waals surface area contributed by atoms with Crippen LogP contribution in [-0.2, 0) is 11.2 Å². The van der Waals surface area contributed by atoms with Crippen molar-refractivity contribution in [3.63, 3.8) is 0 Å². The lowest BCUT2D eigenvalue weighted by atomic mass is 10.2. The highest BCUT2D eigenvalue weighted by molar-refractivity contribution is 9.10. The van der Waals surface area contributed by atoms with E-state index in [1.807, 2.05) is 18.2 Å². The highest BCUT2D eigenvalue weighted by atomic mass is 79.9. The summed E-state index contributed by atoms with van der Waals surface area (Å²) in [6.45, 7) is 1.90. The predicted molar refractivity (Wildman–Crippen MR) is 107 cm³/mol. The number of carbonyl (C=O) groups is 1. The Balaban J connectivity index is 1.91. The summed E-state index contributed by atoms with van der Waals surface area (Å²) in [5, 5.41) is 13.6. The number of carbonyl (C=O) groups excluding carboxylic acids is 1. The van der Waals surface area contributed by atoms with Crippen LogP contribution in [0.15, 0.2) is 44.4 Å². The van der Waals surface area contributed by atoms with E-state index in [0.29, 0.717) is 21.5 Å². The number of amides is 1. The average molecular weight is 486 g/mol. The molecule has 2 aromatic carbocycles. The van der Waals surface area contributed by atoms with Gasteiger partial charge in [-0.25, -0.2) is 5.43 Å². The molecule has 0 aliphatic carbocycles. The predicted octanol–water partition coefficient (Wildman–Crippen LogP) is 4.02. The molecular formula is C18H18Br2N2O4. The van der Waals surface area contributed by atoms with Crippen molar-refractivity contribution >= 4 is 44.0 Å². The molecule has 0 aliphatic heterocycles. The SMILES string of the molecule is CCc1ccc(OCC(=O)N/N=C/c2cc(Br)c(O)c(OC)c2)c(Br)c1. The molecule has 2 N–H and O–H groups in total. The quantitative estimate of drug-likeness (QED) is 0.458. The minimum absolute atomic E-state index is 0.00162. The average Bonchev–Trinajstić information content (AvgIpc) is 2.63. The van der Waals surface area contributed by atoms with E-state index in [4.69, 9.17) is 9.47 Å². The van der Waals surface area contributed by atoms with Gasteiger partial charge in [0.05, 0.1) is 22.3 Å². The summed E-state index contributed by atoms with van der Waals surface area (Å²) in [7, 11) is 1.45. The summed E-state index contributed by atoms with van der Waals surface area (Å²) in [5.74, 6) is 0.503. The van der Waals surface area contributed by atoms with E-state index in [-0.39, 0.29) is 12.4 Å². The first kappa shape index (κ1) is 20.3. The fourth-order valence-electron chi connectivity index (χ4n) is 2.06. The maximum atomic E-state index is 11.8. The number of hydrogen-bond acceptors (Lipinski definition) is 5. The Morgan fingerprint density at radius 3 is 2.65 bits per heavy atom. The summed E-state index contributed by atoms with van der Waals surface area (Å²) in [6.07, 6.45) is 2.36. The lowest BCUT2D eigenvalue weighted by Crippen LogP contribution is -2.24. The van der Waals surface area contributed by atoms with Crippen molar-refractivity contribution in [2.45, 2.75) is 13.3 Å². The first-order chi connectivity index (χ1) is 12.4. The van der Waals surface area contributed by atoms with Gasteiger partial charge in [0, 0.05) is 0 Å². The number of hydrazone groups is 1. The number of ether oxygens (including phenoxy) is 2. The van der Waals surface area contributed by atoms with Gasteiger partial charge in [0.15, 0.2) is 18.1 Å². The topological polar surface area (TPSA) is 80.2 Å². The summed E-state index contributed by atoms with van der Waals surface area (Å²) in [5.41, 5.74) is 4.21. The van der Waals surface area contributed by atoms with E-state index < -0.39 is 5.91 Å². The Hall–Kier alpha value is -2.06. The van der Waals surface area contributed by atoms with Gasteiger partial charge in [-0.3, -0.25) is 4.79 Å². The zero-order valence-corrected chi connectivity index (χ0v) is 17.4. The first-order valence-electron chi connectivity index (χ1n) is 7.74. The Morgan fingerprint density at radius 2 is 2.00 bits per heavy atom. The van der Waals surface area contributed by atoms with Crippen LogP contribution in [0.25, 0.3) is 0 Å². The van der Waals surface area contributed by atoms with Crippen LogP contribution >= 0.6 is 31.9 Å². The standard InChI is InChI=1S/C18H18Br2N2O4/c1-3-11-4-5-15(13(19)6-11)26-10-17(23)22-21-9-12-7-14(20)18(24)16(8-12)25-2/h4-9,24H,3,10H2,1-2H3,(H,22,23)/b21-9+. The van der Waals surface area contributed by atoms with Crippen molar-refractivity contribution in [3.8, 4) is 17.2 Å². The minimum atomic E-state index is -0.391. The Morgan fingerprint density at radius 1 is 1.23 bits per heavy atom. The molecular weight excluding hydrogens is 468 g/mol. The molecule has 0 spiro atoms. The third kappa shape index (κ3) is 5.47. The number of nitrogens with zero attached hydrogens (tertiary/aromatic N) is 1. The number of hydrogen-bond donors (Lipinski definition) is 2.